The predicted octanol–water partition coefficient (Wildman–Crippen LogP) is 3.09. The van der Waals surface area contributed by atoms with Gasteiger partial charge in [-0.05, 0) is 23.3 Å². The number of halogens is 2. The largest absolute Gasteiger partial charge is 0.494 e. The molecule has 0 aliphatic heterocycles. The Kier molecular flexibility index (Phi) is 3.32. The van der Waals surface area contributed by atoms with E-state index in [9.17, 15) is 4.39 Å². The maximum absolute atomic E-state index is 12.9. The predicted molar refractivity (Wildman–Crippen MR) is 52.7 cm³/mol. The molecule has 3 heteroatoms. The lowest BCUT2D eigenvalue weighted by Crippen LogP contribution is -1.91. The molecule has 0 unspecified atom stereocenters. The van der Waals surface area contributed by atoms with Crippen molar-refractivity contribution < 1.29 is 9.13 Å². The number of alkyl halides is 1. The molecule has 0 atom stereocenters. The summed E-state index contributed by atoms with van der Waals surface area (Å²) in [6.07, 6.45) is 0. The monoisotopic (exact) mass is 200 g/mol. The van der Waals surface area contributed by atoms with E-state index in [1.807, 2.05) is 0 Å². The third-order valence-electron chi connectivity index (χ3n) is 1.72. The van der Waals surface area contributed by atoms with Gasteiger partial charge in [0.1, 0.15) is 0 Å². The summed E-state index contributed by atoms with van der Waals surface area (Å²) in [5, 5.41) is 0. The van der Waals surface area contributed by atoms with Crippen LogP contribution in [-0.2, 0) is 0 Å². The molecule has 0 saturated heterocycles. The van der Waals surface area contributed by atoms with E-state index in [1.165, 1.54) is 13.2 Å². The highest BCUT2D eigenvalue weighted by Crippen LogP contribution is 2.22. The fourth-order valence-corrected chi connectivity index (χ4v) is 1.11. The molecule has 70 valence electrons. The lowest BCUT2D eigenvalue weighted by atomic mass is 10.1. The summed E-state index contributed by atoms with van der Waals surface area (Å²) in [6.45, 7) is 3.74. The summed E-state index contributed by atoms with van der Waals surface area (Å²) in [5.41, 5.74) is 1.55. The molecule has 1 rings (SSSR count). The number of hydrogen-bond acceptors (Lipinski definition) is 1. The SMILES string of the molecule is C=C(CCl)c1ccc(F)c(OC)c1. The van der Waals surface area contributed by atoms with Crippen LogP contribution in [0.3, 0.4) is 0 Å². The molecule has 0 heterocycles. The van der Waals surface area contributed by atoms with Crippen molar-refractivity contribution in [3.8, 4) is 5.75 Å². The van der Waals surface area contributed by atoms with Gasteiger partial charge in [-0.15, -0.1) is 11.6 Å². The number of benzene rings is 1. The van der Waals surface area contributed by atoms with Crippen molar-refractivity contribution in [3.05, 3.63) is 36.2 Å². The van der Waals surface area contributed by atoms with Gasteiger partial charge in [0.2, 0.25) is 0 Å². The van der Waals surface area contributed by atoms with E-state index in [2.05, 4.69) is 6.58 Å². The highest BCUT2D eigenvalue weighted by Gasteiger charge is 2.04. The molecule has 0 aromatic heterocycles. The van der Waals surface area contributed by atoms with Crippen LogP contribution in [0.15, 0.2) is 24.8 Å². The zero-order chi connectivity index (χ0) is 9.84. The van der Waals surface area contributed by atoms with Gasteiger partial charge in [0.05, 0.1) is 7.11 Å². The van der Waals surface area contributed by atoms with Gasteiger partial charge in [-0.1, -0.05) is 12.6 Å². The molecule has 1 aromatic rings. The summed E-state index contributed by atoms with van der Waals surface area (Å²) >= 11 is 5.59. The van der Waals surface area contributed by atoms with Crippen LogP contribution in [-0.4, -0.2) is 13.0 Å². The van der Waals surface area contributed by atoms with E-state index in [0.29, 0.717) is 5.88 Å². The first-order chi connectivity index (χ1) is 6.19. The first-order valence-corrected chi connectivity index (χ1v) is 4.30. The molecular weight excluding hydrogens is 191 g/mol. The van der Waals surface area contributed by atoms with Crippen LogP contribution in [0.2, 0.25) is 0 Å². The second-order valence-corrected chi connectivity index (χ2v) is 2.85. The van der Waals surface area contributed by atoms with Gasteiger partial charge in [-0.3, -0.25) is 0 Å². The minimum Gasteiger partial charge on any atom is -0.494 e. The van der Waals surface area contributed by atoms with Crippen LogP contribution in [0.4, 0.5) is 4.39 Å². The second-order valence-electron chi connectivity index (χ2n) is 2.59. The highest BCUT2D eigenvalue weighted by atomic mass is 35.5. The summed E-state index contributed by atoms with van der Waals surface area (Å²) < 4.78 is 17.8. The van der Waals surface area contributed by atoms with Crippen molar-refractivity contribution >= 4 is 17.2 Å². The smallest absolute Gasteiger partial charge is 0.165 e. The standard InChI is InChI=1S/C10H10ClFO/c1-7(6-11)8-3-4-9(12)10(5-8)13-2/h3-5H,1,6H2,2H3. The minimum absolute atomic E-state index is 0.212. The summed E-state index contributed by atoms with van der Waals surface area (Å²) in [5.74, 6) is 0.159. The molecule has 0 fully saturated rings. The highest BCUT2D eigenvalue weighted by molar-refractivity contribution is 6.23. The zero-order valence-corrected chi connectivity index (χ0v) is 8.07. The van der Waals surface area contributed by atoms with Gasteiger partial charge in [0.15, 0.2) is 11.6 Å². The third kappa shape index (κ3) is 2.22. The van der Waals surface area contributed by atoms with Crippen molar-refractivity contribution in [3.63, 3.8) is 0 Å². The molecule has 0 N–H and O–H groups in total. The first kappa shape index (κ1) is 10.1. The Balaban J connectivity index is 3.06. The van der Waals surface area contributed by atoms with Gasteiger partial charge >= 0.3 is 0 Å². The van der Waals surface area contributed by atoms with Crippen molar-refractivity contribution in [2.45, 2.75) is 0 Å². The molecule has 1 aromatic carbocycles. The van der Waals surface area contributed by atoms with Crippen LogP contribution in [0, 0.1) is 5.82 Å². The van der Waals surface area contributed by atoms with E-state index >= 15 is 0 Å². The van der Waals surface area contributed by atoms with Crippen LogP contribution < -0.4 is 4.74 Å². The van der Waals surface area contributed by atoms with Crippen LogP contribution in [0.1, 0.15) is 5.56 Å². The van der Waals surface area contributed by atoms with Gasteiger partial charge in [0, 0.05) is 5.88 Å². The average Bonchev–Trinajstić information content (AvgIpc) is 2.17. The second kappa shape index (κ2) is 4.28. The maximum atomic E-state index is 12.9. The average molecular weight is 201 g/mol. The lowest BCUT2D eigenvalue weighted by Gasteiger charge is -2.05. The molecule has 0 bridgehead atoms. The summed E-state index contributed by atoms with van der Waals surface area (Å²) in [7, 11) is 1.42. The minimum atomic E-state index is -0.381. The number of rotatable bonds is 3. The van der Waals surface area contributed by atoms with E-state index in [0.717, 1.165) is 11.1 Å². The molecular formula is C10H10ClFO. The fraction of sp³-hybridized carbons (Fsp3) is 0.200. The number of allylic oxidation sites excluding steroid dienone is 1. The number of hydrogen-bond donors (Lipinski definition) is 0. The quantitative estimate of drug-likeness (QED) is 0.682. The third-order valence-corrected chi connectivity index (χ3v) is 2.04. The molecule has 1 nitrogen and oxygen atoms in total. The van der Waals surface area contributed by atoms with Crippen molar-refractivity contribution in [1.82, 2.24) is 0 Å². The van der Waals surface area contributed by atoms with Crippen LogP contribution in [0.25, 0.3) is 5.57 Å². The molecule has 13 heavy (non-hydrogen) atoms. The van der Waals surface area contributed by atoms with Crippen molar-refractivity contribution in [2.75, 3.05) is 13.0 Å². The van der Waals surface area contributed by atoms with Gasteiger partial charge in [-0.2, -0.15) is 0 Å². The van der Waals surface area contributed by atoms with E-state index < -0.39 is 0 Å². The Morgan fingerprint density at radius 3 is 2.85 bits per heavy atom. The number of ether oxygens (including phenoxy) is 1. The van der Waals surface area contributed by atoms with Crippen molar-refractivity contribution in [2.24, 2.45) is 0 Å². The Labute approximate surface area is 81.8 Å². The Morgan fingerprint density at radius 1 is 1.62 bits per heavy atom. The van der Waals surface area contributed by atoms with E-state index in [-0.39, 0.29) is 11.6 Å². The maximum Gasteiger partial charge on any atom is 0.165 e. The van der Waals surface area contributed by atoms with Gasteiger partial charge in [-0.25, -0.2) is 4.39 Å². The molecule has 0 aliphatic rings. The Morgan fingerprint density at radius 2 is 2.31 bits per heavy atom. The first-order valence-electron chi connectivity index (χ1n) is 3.76. The molecule has 0 aliphatic carbocycles. The van der Waals surface area contributed by atoms with Gasteiger partial charge in [0.25, 0.3) is 0 Å². The normalized spacial score (nSPS) is 9.77. The van der Waals surface area contributed by atoms with E-state index in [1.54, 1.807) is 12.1 Å². The zero-order valence-electron chi connectivity index (χ0n) is 7.31. The fourth-order valence-electron chi connectivity index (χ4n) is 0.957. The van der Waals surface area contributed by atoms with Crippen LogP contribution in [0.5, 0.6) is 5.75 Å². The summed E-state index contributed by atoms with van der Waals surface area (Å²) in [4.78, 5) is 0. The summed E-state index contributed by atoms with van der Waals surface area (Å²) in [6, 6.07) is 4.55. The molecule has 0 radical (unpaired) electrons. The molecule has 0 spiro atoms. The Hall–Kier alpha value is -1.02. The molecule has 0 amide bonds. The van der Waals surface area contributed by atoms with Crippen molar-refractivity contribution in [1.29, 1.82) is 0 Å². The Bertz CT molecular complexity index is 323. The van der Waals surface area contributed by atoms with Gasteiger partial charge < -0.3 is 4.74 Å². The number of methoxy groups -OCH3 is 1. The molecule has 0 saturated carbocycles. The lowest BCUT2D eigenvalue weighted by molar-refractivity contribution is 0.386. The van der Waals surface area contributed by atoms with E-state index in [4.69, 9.17) is 16.3 Å². The van der Waals surface area contributed by atoms with Crippen LogP contribution >= 0.6 is 11.6 Å². The topological polar surface area (TPSA) is 9.23 Å².